The fraction of sp³-hybridized carbons (Fsp3) is 0. The van der Waals surface area contributed by atoms with Gasteiger partial charge in [0.15, 0.2) is 0 Å². The third kappa shape index (κ3) is 1.35. The minimum Gasteiger partial charge on any atom is -0.365 e. The highest BCUT2D eigenvalue weighted by molar-refractivity contribution is 9.11. The Labute approximate surface area is 80.5 Å². The van der Waals surface area contributed by atoms with E-state index in [0.29, 0.717) is 5.89 Å². The zero-order valence-electron chi connectivity index (χ0n) is 5.82. The summed E-state index contributed by atoms with van der Waals surface area (Å²) in [5.41, 5.74) is 5.30. The van der Waals surface area contributed by atoms with E-state index in [9.17, 15) is 0 Å². The van der Waals surface area contributed by atoms with E-state index in [1.54, 1.807) is 0 Å². The number of nitrogens with two attached hydrogens (primary N) is 1. The van der Waals surface area contributed by atoms with Crippen molar-refractivity contribution in [1.29, 1.82) is 0 Å². The number of thiophene rings is 1. The van der Waals surface area contributed by atoms with Gasteiger partial charge in [-0.25, -0.2) is 0 Å². The van der Waals surface area contributed by atoms with Gasteiger partial charge in [0.05, 0.1) is 8.66 Å². The second kappa shape index (κ2) is 2.87. The van der Waals surface area contributed by atoms with Crippen LogP contribution >= 0.6 is 27.3 Å². The number of nitrogen functional groups attached to an aromatic ring is 1. The van der Waals surface area contributed by atoms with Gasteiger partial charge in [0.2, 0.25) is 0 Å². The zero-order chi connectivity index (χ0) is 8.55. The molecule has 0 spiro atoms. The molecule has 0 atom stereocenters. The van der Waals surface area contributed by atoms with Crippen LogP contribution in [0.5, 0.6) is 0 Å². The van der Waals surface area contributed by atoms with E-state index in [4.69, 9.17) is 10.3 Å². The number of rotatable bonds is 1. The molecule has 0 radical (unpaired) electrons. The Bertz CT molecular complexity index is 359. The summed E-state index contributed by atoms with van der Waals surface area (Å²) in [6.45, 7) is 0. The smallest absolute Gasteiger partial charge is 0.269 e. The van der Waals surface area contributed by atoms with Crippen molar-refractivity contribution in [2.75, 3.05) is 5.73 Å². The van der Waals surface area contributed by atoms with Gasteiger partial charge in [-0.15, -0.1) is 11.3 Å². The molecule has 0 aromatic carbocycles. The SMILES string of the molecule is Nc1noc(-c2ccc(Br)s2)n1. The lowest BCUT2D eigenvalue weighted by molar-refractivity contribution is 0.434. The zero-order valence-corrected chi connectivity index (χ0v) is 8.22. The summed E-state index contributed by atoms with van der Waals surface area (Å²) >= 11 is 4.85. The predicted octanol–water partition coefficient (Wildman–Crippen LogP) is 2.14. The molecule has 0 bridgehead atoms. The first-order valence-corrected chi connectivity index (χ1v) is 4.71. The van der Waals surface area contributed by atoms with Gasteiger partial charge in [-0.2, -0.15) is 4.98 Å². The van der Waals surface area contributed by atoms with E-state index in [-0.39, 0.29) is 5.95 Å². The molecule has 0 aliphatic heterocycles. The Kier molecular flexibility index (Phi) is 1.86. The highest BCUT2D eigenvalue weighted by atomic mass is 79.9. The molecule has 62 valence electrons. The molecule has 6 heteroatoms. The average Bonchev–Trinajstić information content (AvgIpc) is 2.58. The summed E-state index contributed by atoms with van der Waals surface area (Å²) in [5.74, 6) is 0.623. The maximum absolute atomic E-state index is 5.30. The van der Waals surface area contributed by atoms with Crippen molar-refractivity contribution in [3.8, 4) is 10.8 Å². The normalized spacial score (nSPS) is 10.4. The van der Waals surface area contributed by atoms with E-state index in [1.807, 2.05) is 12.1 Å². The third-order valence-corrected chi connectivity index (χ3v) is 2.84. The van der Waals surface area contributed by atoms with Gasteiger partial charge >= 0.3 is 0 Å². The number of hydrogen-bond acceptors (Lipinski definition) is 5. The lowest BCUT2D eigenvalue weighted by Gasteiger charge is -1.81. The molecule has 4 nitrogen and oxygen atoms in total. The molecule has 0 saturated carbocycles. The summed E-state index contributed by atoms with van der Waals surface area (Å²) < 4.78 is 5.89. The summed E-state index contributed by atoms with van der Waals surface area (Å²) in [4.78, 5) is 4.79. The Morgan fingerprint density at radius 3 is 2.83 bits per heavy atom. The lowest BCUT2D eigenvalue weighted by Crippen LogP contribution is -1.84. The fourth-order valence-corrected chi connectivity index (χ4v) is 2.07. The van der Waals surface area contributed by atoms with Crippen LogP contribution in [0.4, 0.5) is 5.95 Å². The molecule has 0 unspecified atom stereocenters. The average molecular weight is 246 g/mol. The van der Waals surface area contributed by atoms with Crippen LogP contribution in [0.2, 0.25) is 0 Å². The highest BCUT2D eigenvalue weighted by Gasteiger charge is 2.08. The predicted molar refractivity (Wildman–Crippen MR) is 49.7 cm³/mol. The third-order valence-electron chi connectivity index (χ3n) is 1.23. The van der Waals surface area contributed by atoms with Crippen molar-refractivity contribution in [3.05, 3.63) is 15.9 Å². The Morgan fingerprint density at radius 2 is 2.33 bits per heavy atom. The van der Waals surface area contributed by atoms with Gasteiger partial charge in [-0.3, -0.25) is 0 Å². The van der Waals surface area contributed by atoms with Crippen LogP contribution in [0.25, 0.3) is 10.8 Å². The van der Waals surface area contributed by atoms with Crippen molar-refractivity contribution >= 4 is 33.2 Å². The number of aromatic nitrogens is 2. The molecule has 0 amide bonds. The van der Waals surface area contributed by atoms with Gasteiger partial charge in [0.25, 0.3) is 11.8 Å². The second-order valence-electron chi connectivity index (χ2n) is 2.06. The van der Waals surface area contributed by atoms with Crippen molar-refractivity contribution in [1.82, 2.24) is 10.1 Å². The van der Waals surface area contributed by atoms with Crippen LogP contribution in [0.3, 0.4) is 0 Å². The summed E-state index contributed by atoms with van der Waals surface area (Å²) in [7, 11) is 0. The molecule has 0 aliphatic rings. The standard InChI is InChI=1S/C6H4BrN3OS/c7-4-2-1-3(12-4)5-9-6(8)10-11-5/h1-2H,(H2,8,10). The van der Waals surface area contributed by atoms with E-state index in [1.165, 1.54) is 11.3 Å². The van der Waals surface area contributed by atoms with E-state index in [2.05, 4.69) is 26.1 Å². The van der Waals surface area contributed by atoms with Crippen LogP contribution in [0.15, 0.2) is 20.4 Å². The minimum atomic E-state index is 0.162. The molecular formula is C6H4BrN3OS. The molecule has 0 aliphatic carbocycles. The van der Waals surface area contributed by atoms with Gasteiger partial charge in [0.1, 0.15) is 0 Å². The molecule has 12 heavy (non-hydrogen) atoms. The molecule has 2 N–H and O–H groups in total. The van der Waals surface area contributed by atoms with E-state index < -0.39 is 0 Å². The van der Waals surface area contributed by atoms with Gasteiger partial charge in [0, 0.05) is 0 Å². The number of halogens is 1. The van der Waals surface area contributed by atoms with Gasteiger partial charge in [-0.1, -0.05) is 0 Å². The molecule has 2 heterocycles. The summed E-state index contributed by atoms with van der Waals surface area (Å²) in [5, 5.41) is 3.49. The van der Waals surface area contributed by atoms with Crippen molar-refractivity contribution < 1.29 is 4.52 Å². The number of hydrogen-bond donors (Lipinski definition) is 1. The quantitative estimate of drug-likeness (QED) is 0.837. The first-order valence-electron chi connectivity index (χ1n) is 3.10. The van der Waals surface area contributed by atoms with Crippen molar-refractivity contribution in [2.24, 2.45) is 0 Å². The number of anilines is 1. The largest absolute Gasteiger partial charge is 0.365 e. The Hall–Kier alpha value is -0.880. The number of nitrogens with zero attached hydrogens (tertiary/aromatic N) is 2. The summed E-state index contributed by atoms with van der Waals surface area (Å²) in [6.07, 6.45) is 0. The first-order chi connectivity index (χ1) is 5.75. The minimum absolute atomic E-state index is 0.162. The van der Waals surface area contributed by atoms with Gasteiger partial charge < -0.3 is 10.3 Å². The van der Waals surface area contributed by atoms with Crippen LogP contribution in [0.1, 0.15) is 0 Å². The fourth-order valence-electron chi connectivity index (χ4n) is 0.764. The molecule has 2 aromatic heterocycles. The topological polar surface area (TPSA) is 64.9 Å². The monoisotopic (exact) mass is 245 g/mol. The van der Waals surface area contributed by atoms with E-state index >= 15 is 0 Å². The lowest BCUT2D eigenvalue weighted by atomic mass is 10.5. The Morgan fingerprint density at radius 1 is 1.50 bits per heavy atom. The molecule has 0 fully saturated rings. The van der Waals surface area contributed by atoms with Gasteiger partial charge in [-0.05, 0) is 33.2 Å². The molecule has 2 aromatic rings. The molecule has 2 rings (SSSR count). The summed E-state index contributed by atoms with van der Waals surface area (Å²) in [6, 6.07) is 3.81. The first kappa shape index (κ1) is 7.75. The maximum atomic E-state index is 5.30. The van der Waals surface area contributed by atoms with Crippen LogP contribution in [-0.2, 0) is 0 Å². The van der Waals surface area contributed by atoms with Crippen molar-refractivity contribution in [3.63, 3.8) is 0 Å². The molecular weight excluding hydrogens is 242 g/mol. The second-order valence-corrected chi connectivity index (χ2v) is 4.52. The van der Waals surface area contributed by atoms with Crippen LogP contribution in [-0.4, -0.2) is 10.1 Å². The van der Waals surface area contributed by atoms with Crippen LogP contribution in [0, 0.1) is 0 Å². The maximum Gasteiger partial charge on any atom is 0.269 e. The molecule has 0 saturated heterocycles. The van der Waals surface area contributed by atoms with Crippen molar-refractivity contribution in [2.45, 2.75) is 0 Å². The van der Waals surface area contributed by atoms with E-state index in [0.717, 1.165) is 8.66 Å². The van der Waals surface area contributed by atoms with Crippen LogP contribution < -0.4 is 5.73 Å². The highest BCUT2D eigenvalue weighted by Crippen LogP contribution is 2.30. The Balaban J connectivity index is 2.43.